The van der Waals surface area contributed by atoms with Gasteiger partial charge in [-0.05, 0) is 18.4 Å². The van der Waals surface area contributed by atoms with E-state index in [9.17, 15) is 4.79 Å². The van der Waals surface area contributed by atoms with Crippen molar-refractivity contribution in [2.45, 2.75) is 51.2 Å². The summed E-state index contributed by atoms with van der Waals surface area (Å²) in [5, 5.41) is 0. The molecule has 1 spiro atoms. The number of rotatable bonds is 5. The average molecular weight is 318 g/mol. The van der Waals surface area contributed by atoms with Crippen molar-refractivity contribution < 1.29 is 14.3 Å². The van der Waals surface area contributed by atoms with E-state index in [-0.39, 0.29) is 17.6 Å². The highest BCUT2D eigenvalue weighted by Gasteiger charge is 2.49. The summed E-state index contributed by atoms with van der Waals surface area (Å²) in [7, 11) is 0. The summed E-state index contributed by atoms with van der Waals surface area (Å²) in [4.78, 5) is 18.3. The van der Waals surface area contributed by atoms with Gasteiger partial charge >= 0.3 is 0 Å². The lowest BCUT2D eigenvalue weighted by molar-refractivity contribution is -0.193. The van der Waals surface area contributed by atoms with E-state index in [1.165, 1.54) is 0 Å². The summed E-state index contributed by atoms with van der Waals surface area (Å²) >= 11 is 0. The van der Waals surface area contributed by atoms with Crippen LogP contribution in [0.1, 0.15) is 39.5 Å². The van der Waals surface area contributed by atoms with Crippen LogP contribution in [-0.2, 0) is 9.53 Å². The lowest BCUT2D eigenvalue weighted by Gasteiger charge is -2.53. The quantitative estimate of drug-likeness (QED) is 0.837. The van der Waals surface area contributed by atoms with E-state index in [0.717, 1.165) is 19.3 Å². The van der Waals surface area contributed by atoms with E-state index in [1.54, 1.807) is 6.20 Å². The van der Waals surface area contributed by atoms with Crippen LogP contribution in [0.4, 0.5) is 0 Å². The van der Waals surface area contributed by atoms with Crippen LogP contribution >= 0.6 is 0 Å². The first-order valence-corrected chi connectivity index (χ1v) is 8.56. The molecule has 5 nitrogen and oxygen atoms in total. The summed E-state index contributed by atoms with van der Waals surface area (Å²) in [5.41, 5.74) is -0.203. The Hall–Kier alpha value is -1.62. The molecule has 3 heterocycles. The van der Waals surface area contributed by atoms with Gasteiger partial charge in [-0.2, -0.15) is 0 Å². The molecule has 0 radical (unpaired) electrons. The van der Waals surface area contributed by atoms with Crippen LogP contribution < -0.4 is 4.74 Å². The van der Waals surface area contributed by atoms with E-state index in [1.807, 2.05) is 23.1 Å². The second kappa shape index (κ2) is 6.87. The molecule has 2 fully saturated rings. The minimum absolute atomic E-state index is 0.117. The van der Waals surface area contributed by atoms with Crippen LogP contribution in [0.2, 0.25) is 0 Å². The van der Waals surface area contributed by atoms with Crippen molar-refractivity contribution in [1.82, 2.24) is 9.88 Å². The van der Waals surface area contributed by atoms with Crippen molar-refractivity contribution in [3.8, 4) is 5.88 Å². The second-order valence-electron chi connectivity index (χ2n) is 7.11. The first kappa shape index (κ1) is 16.2. The molecule has 5 heteroatoms. The predicted molar refractivity (Wildman–Crippen MR) is 87.2 cm³/mol. The second-order valence-corrected chi connectivity index (χ2v) is 7.11. The number of ether oxygens (including phenoxy) is 2. The normalized spacial score (nSPS) is 22.9. The number of hydrogen-bond acceptors (Lipinski definition) is 4. The van der Waals surface area contributed by atoms with Crippen LogP contribution in [0.15, 0.2) is 24.4 Å². The average Bonchev–Trinajstić information content (AvgIpc) is 2.51. The monoisotopic (exact) mass is 318 g/mol. The van der Waals surface area contributed by atoms with Gasteiger partial charge in [0.25, 0.3) is 0 Å². The van der Waals surface area contributed by atoms with E-state index in [4.69, 9.17) is 9.47 Å². The maximum Gasteiger partial charge on any atom is 0.222 e. The summed E-state index contributed by atoms with van der Waals surface area (Å²) in [6.07, 6.45) is 5.16. The van der Waals surface area contributed by atoms with E-state index >= 15 is 0 Å². The Labute approximate surface area is 138 Å². The molecule has 2 aliphatic heterocycles. The first-order valence-electron chi connectivity index (χ1n) is 8.56. The molecule has 0 aliphatic carbocycles. The van der Waals surface area contributed by atoms with E-state index in [0.29, 0.717) is 37.9 Å². The van der Waals surface area contributed by atoms with Crippen molar-refractivity contribution in [2.75, 3.05) is 19.7 Å². The highest BCUT2D eigenvalue weighted by atomic mass is 16.5. The Kier molecular flexibility index (Phi) is 4.85. The van der Waals surface area contributed by atoms with Crippen molar-refractivity contribution in [2.24, 2.45) is 5.92 Å². The number of pyridine rings is 1. The van der Waals surface area contributed by atoms with Gasteiger partial charge in [0.05, 0.1) is 19.7 Å². The van der Waals surface area contributed by atoms with E-state index < -0.39 is 0 Å². The maximum absolute atomic E-state index is 12.2. The third kappa shape index (κ3) is 4.02. The maximum atomic E-state index is 12.2. The van der Waals surface area contributed by atoms with Crippen LogP contribution in [0.3, 0.4) is 0 Å². The largest absolute Gasteiger partial charge is 0.474 e. The van der Waals surface area contributed by atoms with Gasteiger partial charge in [0.1, 0.15) is 11.7 Å². The molecular weight excluding hydrogens is 292 g/mol. The summed E-state index contributed by atoms with van der Waals surface area (Å²) < 4.78 is 11.9. The van der Waals surface area contributed by atoms with E-state index in [2.05, 4.69) is 18.8 Å². The molecule has 2 aliphatic rings. The molecule has 0 bridgehead atoms. The predicted octanol–water partition coefficient (Wildman–Crippen LogP) is 2.66. The van der Waals surface area contributed by atoms with Crippen molar-refractivity contribution >= 4 is 5.91 Å². The molecule has 0 unspecified atom stereocenters. The molecule has 1 amide bonds. The zero-order chi connectivity index (χ0) is 16.3. The molecule has 2 saturated heterocycles. The number of likely N-dealkylation sites (tertiary alicyclic amines) is 1. The number of carbonyl (C=O) groups is 1. The molecule has 1 atom stereocenters. The zero-order valence-electron chi connectivity index (χ0n) is 14.0. The summed E-state index contributed by atoms with van der Waals surface area (Å²) in [5.74, 6) is 1.48. The van der Waals surface area contributed by atoms with Crippen LogP contribution in [0.25, 0.3) is 0 Å². The summed E-state index contributed by atoms with van der Waals surface area (Å²) in [6, 6.07) is 5.69. The van der Waals surface area contributed by atoms with Crippen molar-refractivity contribution in [1.29, 1.82) is 0 Å². The number of carbonyl (C=O) groups excluding carboxylic acids is 1. The Morgan fingerprint density at radius 1 is 1.48 bits per heavy atom. The third-order valence-electron chi connectivity index (χ3n) is 4.62. The fourth-order valence-electron chi connectivity index (χ4n) is 3.29. The molecular formula is C18H26N2O3. The highest BCUT2D eigenvalue weighted by molar-refractivity contribution is 5.77. The topological polar surface area (TPSA) is 51.7 Å². The molecule has 1 aromatic heterocycles. The Morgan fingerprint density at radius 2 is 2.30 bits per heavy atom. The fourth-order valence-corrected chi connectivity index (χ4v) is 3.29. The van der Waals surface area contributed by atoms with Gasteiger partial charge in [-0.1, -0.05) is 19.9 Å². The van der Waals surface area contributed by atoms with Crippen LogP contribution in [0.5, 0.6) is 5.88 Å². The molecule has 3 rings (SSSR count). The smallest absolute Gasteiger partial charge is 0.222 e. The SMILES string of the molecule is CC(C)CCC(=O)N1CC2(C[C@H](Oc3ccccn3)CCO2)C1. The summed E-state index contributed by atoms with van der Waals surface area (Å²) in [6.45, 7) is 6.38. The zero-order valence-corrected chi connectivity index (χ0v) is 14.0. The Balaban J connectivity index is 1.49. The van der Waals surface area contributed by atoms with Gasteiger partial charge < -0.3 is 14.4 Å². The minimum atomic E-state index is -0.203. The highest BCUT2D eigenvalue weighted by Crippen LogP contribution is 2.36. The fraction of sp³-hybridized carbons (Fsp3) is 0.667. The van der Waals surface area contributed by atoms with Crippen molar-refractivity contribution in [3.05, 3.63) is 24.4 Å². The lowest BCUT2D eigenvalue weighted by atomic mass is 9.84. The Bertz CT molecular complexity index is 526. The van der Waals surface area contributed by atoms with Gasteiger partial charge in [0.15, 0.2) is 0 Å². The number of hydrogen-bond donors (Lipinski definition) is 0. The third-order valence-corrected chi connectivity index (χ3v) is 4.62. The molecule has 23 heavy (non-hydrogen) atoms. The standard InChI is InChI=1S/C18H26N2O3/c1-14(2)6-7-17(21)20-12-18(13-20)11-15(8-10-22-18)23-16-5-3-4-9-19-16/h3-5,9,14-15H,6-8,10-13H2,1-2H3/t15-/m1/s1. The number of amides is 1. The molecule has 126 valence electrons. The van der Waals surface area contributed by atoms with Gasteiger partial charge in [-0.3, -0.25) is 4.79 Å². The van der Waals surface area contributed by atoms with Crippen LogP contribution in [0, 0.1) is 5.92 Å². The van der Waals surface area contributed by atoms with Crippen molar-refractivity contribution in [3.63, 3.8) is 0 Å². The molecule has 0 aromatic carbocycles. The molecule has 1 aromatic rings. The first-order chi connectivity index (χ1) is 11.1. The lowest BCUT2D eigenvalue weighted by Crippen LogP contribution is -2.67. The molecule has 0 saturated carbocycles. The van der Waals surface area contributed by atoms with Gasteiger partial charge in [0.2, 0.25) is 11.8 Å². The number of nitrogens with zero attached hydrogens (tertiary/aromatic N) is 2. The Morgan fingerprint density at radius 3 is 3.00 bits per heavy atom. The van der Waals surface area contributed by atoms with Gasteiger partial charge in [-0.15, -0.1) is 0 Å². The minimum Gasteiger partial charge on any atom is -0.474 e. The molecule has 0 N–H and O–H groups in total. The van der Waals surface area contributed by atoms with Gasteiger partial charge in [-0.25, -0.2) is 4.98 Å². The number of aromatic nitrogens is 1. The van der Waals surface area contributed by atoms with Gasteiger partial charge in [0, 0.05) is 31.5 Å². The van der Waals surface area contributed by atoms with Crippen LogP contribution in [-0.4, -0.2) is 47.2 Å².